The highest BCUT2D eigenvalue weighted by molar-refractivity contribution is 7.09. The fourth-order valence-electron chi connectivity index (χ4n) is 4.18. The summed E-state index contributed by atoms with van der Waals surface area (Å²) in [5, 5.41) is 10.6. The summed E-state index contributed by atoms with van der Waals surface area (Å²) in [5.74, 6) is 0.185. The number of carbonyl (C=O) groups is 1. The molecular formula is C18H24N4OS. The Morgan fingerprint density at radius 1 is 1.33 bits per heavy atom. The minimum atomic E-state index is -0.0669. The zero-order valence-corrected chi connectivity index (χ0v) is 15.0. The summed E-state index contributed by atoms with van der Waals surface area (Å²) in [7, 11) is 0. The van der Waals surface area contributed by atoms with E-state index in [0.717, 1.165) is 44.3 Å². The van der Waals surface area contributed by atoms with Crippen molar-refractivity contribution in [1.29, 1.82) is 0 Å². The van der Waals surface area contributed by atoms with E-state index in [1.165, 1.54) is 23.4 Å². The predicted molar refractivity (Wildman–Crippen MR) is 94.0 cm³/mol. The molecule has 2 aromatic heterocycles. The van der Waals surface area contributed by atoms with E-state index in [0.29, 0.717) is 6.54 Å². The first-order chi connectivity index (χ1) is 11.7. The molecule has 3 heterocycles. The molecule has 0 spiro atoms. The van der Waals surface area contributed by atoms with Crippen LogP contribution in [0.25, 0.3) is 0 Å². The summed E-state index contributed by atoms with van der Waals surface area (Å²) < 4.78 is 1.85. The van der Waals surface area contributed by atoms with Crippen molar-refractivity contribution in [3.8, 4) is 0 Å². The van der Waals surface area contributed by atoms with Gasteiger partial charge in [-0.05, 0) is 56.9 Å². The van der Waals surface area contributed by atoms with Crippen LogP contribution in [0.1, 0.15) is 48.9 Å². The fraction of sp³-hybridized carbons (Fsp3) is 0.611. The minimum Gasteiger partial charge on any atom is -0.335 e. The summed E-state index contributed by atoms with van der Waals surface area (Å²) in [6.07, 6.45) is 7.48. The van der Waals surface area contributed by atoms with Gasteiger partial charge in [0.15, 0.2) is 0 Å². The lowest BCUT2D eigenvalue weighted by atomic mass is 9.93. The molecule has 0 N–H and O–H groups in total. The van der Waals surface area contributed by atoms with Crippen molar-refractivity contribution in [3.05, 3.63) is 33.8 Å². The lowest BCUT2D eigenvalue weighted by Crippen LogP contribution is -2.48. The molecule has 128 valence electrons. The van der Waals surface area contributed by atoms with Crippen LogP contribution in [0.4, 0.5) is 0 Å². The van der Waals surface area contributed by atoms with Crippen LogP contribution in [-0.4, -0.2) is 37.9 Å². The minimum absolute atomic E-state index is 0.0669. The smallest absolute Gasteiger partial charge is 0.244 e. The van der Waals surface area contributed by atoms with Gasteiger partial charge in [-0.2, -0.15) is 0 Å². The average molecular weight is 344 g/mol. The number of hydrogen-bond acceptors (Lipinski definition) is 4. The first kappa shape index (κ1) is 15.8. The molecule has 1 amide bonds. The Hall–Kier alpha value is -1.69. The van der Waals surface area contributed by atoms with E-state index in [1.54, 1.807) is 11.3 Å². The highest BCUT2D eigenvalue weighted by Gasteiger charge is 2.40. The topological polar surface area (TPSA) is 51.0 Å². The van der Waals surface area contributed by atoms with Crippen LogP contribution in [0, 0.1) is 0 Å². The Balaban J connectivity index is 1.50. The quantitative estimate of drug-likeness (QED) is 0.857. The third kappa shape index (κ3) is 2.88. The lowest BCUT2D eigenvalue weighted by Gasteiger charge is -2.35. The van der Waals surface area contributed by atoms with E-state index < -0.39 is 0 Å². The fourth-order valence-corrected chi connectivity index (χ4v) is 5.07. The summed E-state index contributed by atoms with van der Waals surface area (Å²) in [4.78, 5) is 16.4. The van der Waals surface area contributed by atoms with Crippen molar-refractivity contribution in [2.75, 3.05) is 6.54 Å². The molecule has 0 saturated carbocycles. The van der Waals surface area contributed by atoms with Gasteiger partial charge in [-0.1, -0.05) is 11.3 Å². The van der Waals surface area contributed by atoms with Gasteiger partial charge >= 0.3 is 0 Å². The van der Waals surface area contributed by atoms with Crippen molar-refractivity contribution in [2.24, 2.45) is 0 Å². The number of aryl methyl sites for hydroxylation is 1. The second kappa shape index (κ2) is 6.31. The number of carbonyl (C=O) groups excluding carboxylic acids is 1. The maximum absolute atomic E-state index is 13.0. The van der Waals surface area contributed by atoms with E-state index >= 15 is 0 Å². The predicted octanol–water partition coefficient (Wildman–Crippen LogP) is 2.84. The van der Waals surface area contributed by atoms with Gasteiger partial charge in [0.25, 0.3) is 0 Å². The first-order valence-corrected chi connectivity index (χ1v) is 9.78. The number of thiophene rings is 1. The summed E-state index contributed by atoms with van der Waals surface area (Å²) in [5.41, 5.74) is 2.20. The number of aromatic nitrogens is 3. The maximum Gasteiger partial charge on any atom is 0.244 e. The molecule has 2 aliphatic rings. The maximum atomic E-state index is 13.0. The van der Waals surface area contributed by atoms with Crippen LogP contribution in [0.5, 0.6) is 0 Å². The summed E-state index contributed by atoms with van der Waals surface area (Å²) in [6.45, 7) is 3.42. The zero-order chi connectivity index (χ0) is 16.6. The van der Waals surface area contributed by atoms with Crippen molar-refractivity contribution < 1.29 is 4.79 Å². The molecule has 2 aromatic rings. The van der Waals surface area contributed by atoms with Crippen molar-refractivity contribution in [1.82, 2.24) is 19.9 Å². The van der Waals surface area contributed by atoms with Gasteiger partial charge in [0.05, 0.1) is 11.4 Å². The molecule has 1 fully saturated rings. The Bertz CT molecular complexity index is 723. The Labute approximate surface area is 146 Å². The average Bonchev–Trinajstić information content (AvgIpc) is 3.29. The van der Waals surface area contributed by atoms with Crippen LogP contribution in [0.3, 0.4) is 0 Å². The molecule has 24 heavy (non-hydrogen) atoms. The van der Waals surface area contributed by atoms with Gasteiger partial charge in [0, 0.05) is 23.4 Å². The summed E-state index contributed by atoms with van der Waals surface area (Å²) in [6, 6.07) is 4.26. The number of likely N-dealkylation sites (tertiary alicyclic amines) is 1. The molecule has 4 rings (SSSR count). The van der Waals surface area contributed by atoms with Crippen LogP contribution in [-0.2, 0) is 30.6 Å². The molecule has 1 aliphatic heterocycles. The molecule has 0 bridgehead atoms. The van der Waals surface area contributed by atoms with Crippen LogP contribution < -0.4 is 0 Å². The number of amides is 1. The van der Waals surface area contributed by atoms with Gasteiger partial charge < -0.3 is 4.90 Å². The molecule has 0 aromatic carbocycles. The summed E-state index contributed by atoms with van der Waals surface area (Å²) >= 11 is 1.78. The van der Waals surface area contributed by atoms with Gasteiger partial charge in [0.1, 0.15) is 6.54 Å². The second-order valence-electron chi connectivity index (χ2n) is 7.25. The Kier molecular flexibility index (Phi) is 4.16. The monoisotopic (exact) mass is 344 g/mol. The van der Waals surface area contributed by atoms with E-state index in [9.17, 15) is 4.79 Å². The molecule has 0 radical (unpaired) electrons. The van der Waals surface area contributed by atoms with Gasteiger partial charge in [-0.3, -0.25) is 4.79 Å². The van der Waals surface area contributed by atoms with E-state index in [-0.39, 0.29) is 11.4 Å². The highest BCUT2D eigenvalue weighted by atomic mass is 32.1. The number of rotatable bonds is 4. The third-order valence-corrected chi connectivity index (χ3v) is 6.34. The van der Waals surface area contributed by atoms with Crippen LogP contribution in [0.2, 0.25) is 0 Å². The van der Waals surface area contributed by atoms with E-state index in [1.807, 2.05) is 4.68 Å². The molecule has 1 saturated heterocycles. The van der Waals surface area contributed by atoms with Crippen molar-refractivity contribution in [2.45, 2.75) is 64.0 Å². The number of hydrogen-bond donors (Lipinski definition) is 0. The van der Waals surface area contributed by atoms with Crippen LogP contribution >= 0.6 is 11.3 Å². The van der Waals surface area contributed by atoms with Gasteiger partial charge in [-0.25, -0.2) is 4.68 Å². The van der Waals surface area contributed by atoms with Crippen molar-refractivity contribution in [3.63, 3.8) is 0 Å². The molecule has 1 aliphatic carbocycles. The molecule has 5 nitrogen and oxygen atoms in total. The lowest BCUT2D eigenvalue weighted by molar-refractivity contribution is -0.135. The standard InChI is InChI=1S/C18H24N4OS/c1-18(12-14-6-4-11-24-14)9-5-10-21(18)17(23)13-22-16-8-3-2-7-15(16)19-20-22/h4,6,11H,2-3,5,7-10,12-13H2,1H3. The molecular weight excluding hydrogens is 320 g/mol. The SMILES string of the molecule is CC1(Cc2cccs2)CCCN1C(=O)Cn1nnc2c1CCCC2. The number of fused-ring (bicyclic) bond motifs is 1. The van der Waals surface area contributed by atoms with Gasteiger partial charge in [0.2, 0.25) is 5.91 Å². The van der Waals surface area contributed by atoms with Crippen molar-refractivity contribution >= 4 is 17.2 Å². The third-order valence-electron chi connectivity index (χ3n) is 5.47. The second-order valence-corrected chi connectivity index (χ2v) is 8.28. The van der Waals surface area contributed by atoms with Gasteiger partial charge in [-0.15, -0.1) is 16.4 Å². The molecule has 1 atom stereocenters. The van der Waals surface area contributed by atoms with E-state index in [2.05, 4.69) is 39.6 Å². The van der Waals surface area contributed by atoms with E-state index in [4.69, 9.17) is 0 Å². The first-order valence-electron chi connectivity index (χ1n) is 8.90. The molecule has 6 heteroatoms. The molecule has 1 unspecified atom stereocenters. The normalized spacial score (nSPS) is 23.5. The largest absolute Gasteiger partial charge is 0.335 e. The Morgan fingerprint density at radius 3 is 3.04 bits per heavy atom. The Morgan fingerprint density at radius 2 is 2.21 bits per heavy atom. The van der Waals surface area contributed by atoms with Crippen LogP contribution in [0.15, 0.2) is 17.5 Å². The zero-order valence-electron chi connectivity index (χ0n) is 14.2. The number of nitrogens with zero attached hydrogens (tertiary/aromatic N) is 4. The highest BCUT2D eigenvalue weighted by Crippen LogP contribution is 2.34.